The van der Waals surface area contributed by atoms with Crippen molar-refractivity contribution in [2.75, 3.05) is 5.75 Å². The average molecular weight is 290 g/mol. The van der Waals surface area contributed by atoms with E-state index in [9.17, 15) is 4.79 Å². The van der Waals surface area contributed by atoms with E-state index in [-0.39, 0.29) is 5.56 Å². The van der Waals surface area contributed by atoms with Crippen LogP contribution in [0, 0.1) is 5.92 Å². The molecule has 15 heavy (non-hydrogen) atoms. The molecule has 1 heterocycles. The first-order valence-electron chi connectivity index (χ1n) is 5.14. The highest BCUT2D eigenvalue weighted by molar-refractivity contribution is 9.10. The predicted molar refractivity (Wildman–Crippen MR) is 70.7 cm³/mol. The fourth-order valence-corrected chi connectivity index (χ4v) is 2.26. The lowest BCUT2D eigenvalue weighted by molar-refractivity contribution is 0.445. The van der Waals surface area contributed by atoms with E-state index in [1.807, 2.05) is 12.3 Å². The third kappa shape index (κ3) is 3.68. The Morgan fingerprint density at radius 3 is 2.93 bits per heavy atom. The number of pyridine rings is 1. The molecule has 0 aliphatic heterocycles. The van der Waals surface area contributed by atoms with E-state index < -0.39 is 0 Å². The second-order valence-corrected chi connectivity index (χ2v) is 4.87. The molecule has 0 amide bonds. The molecule has 0 fully saturated rings. The van der Waals surface area contributed by atoms with E-state index in [1.165, 1.54) is 0 Å². The molecule has 0 aliphatic rings. The first kappa shape index (κ1) is 12.8. The van der Waals surface area contributed by atoms with Crippen molar-refractivity contribution < 1.29 is 0 Å². The van der Waals surface area contributed by atoms with Gasteiger partial charge in [-0.05, 0) is 46.2 Å². The van der Waals surface area contributed by atoms with Gasteiger partial charge >= 0.3 is 0 Å². The lowest BCUT2D eigenvalue weighted by atomic mass is 10.1. The van der Waals surface area contributed by atoms with Gasteiger partial charge < -0.3 is 4.57 Å². The Labute approximate surface area is 104 Å². The lowest BCUT2D eigenvalue weighted by Gasteiger charge is -2.15. The number of hydrogen-bond donors (Lipinski definition) is 1. The van der Waals surface area contributed by atoms with Gasteiger partial charge in [-0.3, -0.25) is 4.79 Å². The molecule has 0 saturated heterocycles. The van der Waals surface area contributed by atoms with Crippen molar-refractivity contribution in [3.05, 3.63) is 33.2 Å². The van der Waals surface area contributed by atoms with Crippen LogP contribution in [-0.2, 0) is 6.54 Å². The highest BCUT2D eigenvalue weighted by Gasteiger charge is 2.08. The van der Waals surface area contributed by atoms with Gasteiger partial charge in [-0.15, -0.1) is 0 Å². The van der Waals surface area contributed by atoms with Crippen LogP contribution in [0.15, 0.2) is 27.6 Å². The molecule has 0 N–H and O–H groups in total. The number of rotatable bonds is 5. The fourth-order valence-electron chi connectivity index (χ4n) is 1.58. The Balaban J connectivity index is 2.79. The molecule has 1 atom stereocenters. The van der Waals surface area contributed by atoms with Gasteiger partial charge in [-0.1, -0.05) is 13.3 Å². The van der Waals surface area contributed by atoms with E-state index in [0.29, 0.717) is 10.4 Å². The average Bonchev–Trinajstić information content (AvgIpc) is 2.24. The van der Waals surface area contributed by atoms with Gasteiger partial charge in [-0.2, -0.15) is 12.6 Å². The number of hydrogen-bond acceptors (Lipinski definition) is 2. The predicted octanol–water partition coefficient (Wildman–Crippen LogP) is 2.96. The summed E-state index contributed by atoms with van der Waals surface area (Å²) in [6.45, 7) is 2.91. The third-order valence-corrected chi connectivity index (χ3v) is 3.50. The maximum atomic E-state index is 11.7. The maximum absolute atomic E-state index is 11.7. The molecule has 1 aromatic rings. The summed E-state index contributed by atoms with van der Waals surface area (Å²) in [5.74, 6) is 1.30. The minimum absolute atomic E-state index is 0.0420. The van der Waals surface area contributed by atoms with E-state index in [0.717, 1.165) is 25.1 Å². The summed E-state index contributed by atoms with van der Waals surface area (Å²) >= 11 is 7.56. The normalized spacial score (nSPS) is 12.7. The van der Waals surface area contributed by atoms with Crippen LogP contribution in [0.2, 0.25) is 0 Å². The monoisotopic (exact) mass is 289 g/mol. The van der Waals surface area contributed by atoms with Crippen molar-refractivity contribution in [1.82, 2.24) is 4.57 Å². The number of thiol groups is 1. The molecular formula is C11H16BrNOS. The number of halogens is 1. The van der Waals surface area contributed by atoms with Crippen molar-refractivity contribution in [1.29, 1.82) is 0 Å². The molecule has 84 valence electrons. The highest BCUT2D eigenvalue weighted by Crippen LogP contribution is 2.11. The Morgan fingerprint density at radius 2 is 2.33 bits per heavy atom. The van der Waals surface area contributed by atoms with Gasteiger partial charge in [0.25, 0.3) is 5.56 Å². The van der Waals surface area contributed by atoms with Crippen LogP contribution in [0.1, 0.15) is 19.8 Å². The molecule has 0 aromatic carbocycles. The quantitative estimate of drug-likeness (QED) is 0.827. The van der Waals surface area contributed by atoms with Gasteiger partial charge in [0.05, 0.1) is 4.47 Å². The molecule has 4 heteroatoms. The van der Waals surface area contributed by atoms with Crippen LogP contribution < -0.4 is 5.56 Å². The van der Waals surface area contributed by atoms with Crippen molar-refractivity contribution in [3.8, 4) is 0 Å². The summed E-state index contributed by atoms with van der Waals surface area (Å²) in [6, 6.07) is 3.65. The standard InChI is InChI=1S/C11H16BrNOS/c1-2-4-9(8-15)7-13-6-3-5-10(12)11(13)14/h3,5-6,9,15H,2,4,7-8H2,1H3. The second-order valence-electron chi connectivity index (χ2n) is 3.65. The molecule has 0 spiro atoms. The Hall–Kier alpha value is -0.220. The molecule has 0 bridgehead atoms. The van der Waals surface area contributed by atoms with Crippen LogP contribution in [0.3, 0.4) is 0 Å². The molecule has 1 aromatic heterocycles. The molecule has 1 rings (SSSR count). The van der Waals surface area contributed by atoms with Gasteiger partial charge in [-0.25, -0.2) is 0 Å². The maximum Gasteiger partial charge on any atom is 0.264 e. The molecule has 1 unspecified atom stereocenters. The summed E-state index contributed by atoms with van der Waals surface area (Å²) in [4.78, 5) is 11.7. The van der Waals surface area contributed by atoms with Crippen LogP contribution >= 0.6 is 28.6 Å². The SMILES string of the molecule is CCCC(CS)Cn1cccc(Br)c1=O. The van der Waals surface area contributed by atoms with E-state index >= 15 is 0 Å². The highest BCUT2D eigenvalue weighted by atomic mass is 79.9. The first-order chi connectivity index (χ1) is 7.19. The Bertz CT molecular complexity index is 364. The van der Waals surface area contributed by atoms with Gasteiger partial charge in [0.2, 0.25) is 0 Å². The summed E-state index contributed by atoms with van der Waals surface area (Å²) in [5, 5.41) is 0. The van der Waals surface area contributed by atoms with Crippen LogP contribution in [0.4, 0.5) is 0 Å². The Morgan fingerprint density at radius 1 is 1.60 bits per heavy atom. The van der Waals surface area contributed by atoms with E-state index in [4.69, 9.17) is 0 Å². The largest absolute Gasteiger partial charge is 0.314 e. The third-order valence-electron chi connectivity index (χ3n) is 2.38. The number of aromatic nitrogens is 1. The van der Waals surface area contributed by atoms with Gasteiger partial charge in [0.1, 0.15) is 0 Å². The van der Waals surface area contributed by atoms with Gasteiger partial charge in [0.15, 0.2) is 0 Å². The van der Waals surface area contributed by atoms with Crippen molar-refractivity contribution >= 4 is 28.6 Å². The smallest absolute Gasteiger partial charge is 0.264 e. The summed E-state index contributed by atoms with van der Waals surface area (Å²) in [6.07, 6.45) is 4.08. The molecular weight excluding hydrogens is 274 g/mol. The number of nitrogens with zero attached hydrogens (tertiary/aromatic N) is 1. The van der Waals surface area contributed by atoms with Crippen molar-refractivity contribution in [2.24, 2.45) is 5.92 Å². The minimum Gasteiger partial charge on any atom is -0.314 e. The molecule has 2 nitrogen and oxygen atoms in total. The molecule has 0 aliphatic carbocycles. The summed E-state index contributed by atoms with van der Waals surface area (Å²) in [7, 11) is 0. The zero-order valence-electron chi connectivity index (χ0n) is 8.82. The van der Waals surface area contributed by atoms with Gasteiger partial charge in [0, 0.05) is 12.7 Å². The van der Waals surface area contributed by atoms with E-state index in [2.05, 4.69) is 35.5 Å². The molecule has 0 saturated carbocycles. The zero-order valence-corrected chi connectivity index (χ0v) is 11.3. The van der Waals surface area contributed by atoms with Crippen LogP contribution in [0.25, 0.3) is 0 Å². The van der Waals surface area contributed by atoms with Crippen molar-refractivity contribution in [3.63, 3.8) is 0 Å². The lowest BCUT2D eigenvalue weighted by Crippen LogP contribution is -2.24. The minimum atomic E-state index is 0.0420. The summed E-state index contributed by atoms with van der Waals surface area (Å²) in [5.41, 5.74) is 0.0420. The van der Waals surface area contributed by atoms with Crippen molar-refractivity contribution in [2.45, 2.75) is 26.3 Å². The zero-order chi connectivity index (χ0) is 11.3. The second kappa shape index (κ2) is 6.38. The Kier molecular flexibility index (Phi) is 5.47. The topological polar surface area (TPSA) is 22.0 Å². The fraction of sp³-hybridized carbons (Fsp3) is 0.545. The van der Waals surface area contributed by atoms with E-state index in [1.54, 1.807) is 10.6 Å². The van der Waals surface area contributed by atoms with Crippen LogP contribution in [0.5, 0.6) is 0 Å². The van der Waals surface area contributed by atoms with Crippen LogP contribution in [-0.4, -0.2) is 10.3 Å². The summed E-state index contributed by atoms with van der Waals surface area (Å²) < 4.78 is 2.38. The molecule has 0 radical (unpaired) electrons. The first-order valence-corrected chi connectivity index (χ1v) is 6.57.